The summed E-state index contributed by atoms with van der Waals surface area (Å²) in [5, 5.41) is 3.03. The zero-order chi connectivity index (χ0) is 56.4. The Hall–Kier alpha value is -3.33. The lowest BCUT2D eigenvalue weighted by Crippen LogP contribution is -2.47. The number of ether oxygens (including phenoxy) is 1. The number of phosphoric ester groups is 1. The zero-order valence-corrected chi connectivity index (χ0v) is 51.3. The first-order valence-corrected chi connectivity index (χ1v) is 32.7. The smallest absolute Gasteiger partial charge is 0.456 e. The lowest BCUT2D eigenvalue weighted by molar-refractivity contribution is -0.870. The van der Waals surface area contributed by atoms with Crippen LogP contribution in [0.15, 0.2) is 109 Å². The van der Waals surface area contributed by atoms with Crippen molar-refractivity contribution in [2.24, 2.45) is 0 Å². The quantitative estimate of drug-likeness (QED) is 0.0205. The second-order valence-corrected chi connectivity index (χ2v) is 23.3. The van der Waals surface area contributed by atoms with Crippen molar-refractivity contribution in [1.29, 1.82) is 0 Å². The summed E-state index contributed by atoms with van der Waals surface area (Å²) >= 11 is 0. The van der Waals surface area contributed by atoms with Gasteiger partial charge in [-0.05, 0) is 115 Å². The fraction of sp³-hybridized carbons (Fsp3) is 0.701. The van der Waals surface area contributed by atoms with E-state index >= 15 is 0 Å². The van der Waals surface area contributed by atoms with Crippen LogP contribution in [-0.4, -0.2) is 74.3 Å². The summed E-state index contributed by atoms with van der Waals surface area (Å²) in [6.07, 6.45) is 76.6. The Morgan fingerprint density at radius 3 is 1.23 bits per heavy atom. The van der Waals surface area contributed by atoms with E-state index in [1.807, 2.05) is 33.3 Å². The first-order valence-electron chi connectivity index (χ1n) is 31.2. The molecule has 0 heterocycles. The fourth-order valence-electron chi connectivity index (χ4n) is 8.33. The Bertz CT molecular complexity index is 1690. The number of nitrogens with one attached hydrogen (secondary N) is 1. The molecule has 0 saturated carbocycles. The van der Waals surface area contributed by atoms with E-state index < -0.39 is 20.0 Å². The van der Waals surface area contributed by atoms with Gasteiger partial charge in [-0.3, -0.25) is 18.6 Å². The monoisotopic (exact) mass is 1090 g/mol. The van der Waals surface area contributed by atoms with Gasteiger partial charge in [0.05, 0.1) is 33.8 Å². The predicted molar refractivity (Wildman–Crippen MR) is 332 cm³/mol. The molecule has 9 nitrogen and oxygen atoms in total. The molecule has 0 aliphatic carbocycles. The summed E-state index contributed by atoms with van der Waals surface area (Å²) in [6.45, 7) is 6.89. The van der Waals surface area contributed by atoms with Crippen molar-refractivity contribution in [3.8, 4) is 0 Å². The topological polar surface area (TPSA) is 111 Å². The summed E-state index contributed by atoms with van der Waals surface area (Å²) in [6, 6.07) is -0.883. The number of rotatable bonds is 55. The highest BCUT2D eigenvalue weighted by Gasteiger charge is 2.30. The molecular formula is C67H118N2O7P+. The van der Waals surface area contributed by atoms with Crippen molar-refractivity contribution in [2.45, 2.75) is 264 Å². The molecule has 3 atom stereocenters. The molecule has 0 saturated heterocycles. The SMILES string of the molecule is CCCCC/C=C\C/C=C\C/C=C\C/C=C\CCCCCCCCCC(=O)NC(COP(=O)(O)OCC[N+](C)(C)C)C(/C=C\CCCCCCCCCCC)OC(=O)CCC/C=C\C/C=C\C/C=C\C/C=C\CCCCC. The fourth-order valence-corrected chi connectivity index (χ4v) is 9.06. The second-order valence-electron chi connectivity index (χ2n) is 21.9. The van der Waals surface area contributed by atoms with Gasteiger partial charge in [-0.15, -0.1) is 0 Å². The molecule has 0 aromatic rings. The van der Waals surface area contributed by atoms with Crippen LogP contribution in [0.1, 0.15) is 252 Å². The molecule has 0 radical (unpaired) electrons. The lowest BCUT2D eigenvalue weighted by atomic mass is 10.1. The zero-order valence-electron chi connectivity index (χ0n) is 50.4. The van der Waals surface area contributed by atoms with Gasteiger partial charge in [0.15, 0.2) is 0 Å². The third-order valence-corrected chi connectivity index (χ3v) is 14.2. The Morgan fingerprint density at radius 2 is 0.805 bits per heavy atom. The minimum Gasteiger partial charge on any atom is -0.456 e. The number of allylic oxidation sites excluding steroid dienone is 17. The number of unbranched alkanes of at least 4 members (excludes halogenated alkanes) is 23. The molecule has 77 heavy (non-hydrogen) atoms. The van der Waals surface area contributed by atoms with Crippen LogP contribution < -0.4 is 5.32 Å². The number of carbonyl (C=O) groups is 2. The summed E-state index contributed by atoms with van der Waals surface area (Å²) in [5.74, 6) is -0.589. The largest absolute Gasteiger partial charge is 0.472 e. The van der Waals surface area contributed by atoms with Gasteiger partial charge in [0, 0.05) is 12.8 Å². The van der Waals surface area contributed by atoms with Crippen LogP contribution in [0.3, 0.4) is 0 Å². The van der Waals surface area contributed by atoms with E-state index in [-0.39, 0.29) is 31.5 Å². The standard InChI is InChI=1S/C67H117N2O7P/c1-7-10-13-16-19-22-25-27-29-31-32-33-34-35-36-38-39-41-44-47-50-53-56-59-66(70)68-64(63-75-77(72,73)74-62-61-69(4,5)6)65(58-55-52-49-46-43-24-21-18-15-12-9-3)76-67(71)60-57-54-51-48-45-42-40-37-30-28-26-23-20-17-14-11-8-2/h19-20,22-23,27-30,32-33,35-36,40,42,48,51,55,58,64-65H,7-18,21,24-26,31,34,37-39,41,43-47,49-50,52-54,56-57,59-63H2,1-6H3,(H-,68,70,72,73)/p+1/b22-19-,23-20-,29-27-,30-28-,33-32-,36-35-,42-40-,51-48-,58-55-. The number of amides is 1. The molecule has 2 N–H and O–H groups in total. The maximum absolute atomic E-state index is 13.5. The molecule has 0 bridgehead atoms. The van der Waals surface area contributed by atoms with Crippen LogP contribution in [0, 0.1) is 0 Å². The van der Waals surface area contributed by atoms with Gasteiger partial charge in [0.2, 0.25) is 5.91 Å². The number of quaternary nitrogens is 1. The number of likely N-dealkylation sites (N-methyl/N-ethyl adjacent to an activating group) is 1. The number of esters is 1. The van der Waals surface area contributed by atoms with Gasteiger partial charge in [0.25, 0.3) is 0 Å². The Balaban J connectivity index is 5.30. The maximum atomic E-state index is 13.5. The van der Waals surface area contributed by atoms with Gasteiger partial charge in [0.1, 0.15) is 19.3 Å². The maximum Gasteiger partial charge on any atom is 0.472 e. The molecule has 10 heteroatoms. The van der Waals surface area contributed by atoms with E-state index in [1.54, 1.807) is 0 Å². The van der Waals surface area contributed by atoms with Crippen LogP contribution in [0.25, 0.3) is 0 Å². The minimum absolute atomic E-state index is 0.0240. The van der Waals surface area contributed by atoms with Gasteiger partial charge < -0.3 is 19.4 Å². The third kappa shape index (κ3) is 57.2. The molecule has 0 aliphatic rings. The molecule has 0 fully saturated rings. The van der Waals surface area contributed by atoms with E-state index in [0.717, 1.165) is 96.3 Å². The van der Waals surface area contributed by atoms with E-state index in [2.05, 4.69) is 123 Å². The van der Waals surface area contributed by atoms with Crippen molar-refractivity contribution in [2.75, 3.05) is 40.9 Å². The number of phosphoric acid groups is 1. The van der Waals surface area contributed by atoms with Gasteiger partial charge in [-0.2, -0.15) is 0 Å². The number of carbonyl (C=O) groups excluding carboxylic acids is 2. The van der Waals surface area contributed by atoms with E-state index in [9.17, 15) is 19.0 Å². The third-order valence-electron chi connectivity index (χ3n) is 13.2. The highest BCUT2D eigenvalue weighted by molar-refractivity contribution is 7.47. The molecule has 1 amide bonds. The van der Waals surface area contributed by atoms with Crippen molar-refractivity contribution in [1.82, 2.24) is 5.32 Å². The van der Waals surface area contributed by atoms with E-state index in [0.29, 0.717) is 23.9 Å². The van der Waals surface area contributed by atoms with E-state index in [1.165, 1.54) is 116 Å². The minimum atomic E-state index is -4.47. The lowest BCUT2D eigenvalue weighted by Gasteiger charge is -2.27. The highest BCUT2D eigenvalue weighted by Crippen LogP contribution is 2.43. The summed E-state index contributed by atoms with van der Waals surface area (Å²) in [4.78, 5) is 37.7. The van der Waals surface area contributed by atoms with Crippen LogP contribution in [0.2, 0.25) is 0 Å². The Morgan fingerprint density at radius 1 is 0.455 bits per heavy atom. The van der Waals surface area contributed by atoms with Gasteiger partial charge in [-0.25, -0.2) is 4.57 Å². The molecule has 3 unspecified atom stereocenters. The first kappa shape index (κ1) is 73.7. The molecule has 0 aromatic carbocycles. The molecular weight excluding hydrogens is 976 g/mol. The molecule has 0 spiro atoms. The number of hydrogen-bond acceptors (Lipinski definition) is 6. The van der Waals surface area contributed by atoms with Crippen molar-refractivity contribution >= 4 is 19.7 Å². The number of nitrogens with zero attached hydrogens (tertiary/aromatic N) is 1. The van der Waals surface area contributed by atoms with Crippen LogP contribution in [-0.2, 0) is 27.9 Å². The summed E-state index contributed by atoms with van der Waals surface area (Å²) < 4.78 is 30.6. The van der Waals surface area contributed by atoms with Crippen LogP contribution in [0.4, 0.5) is 0 Å². The Labute approximate surface area is 474 Å². The molecule has 0 rings (SSSR count). The van der Waals surface area contributed by atoms with Crippen LogP contribution in [0.5, 0.6) is 0 Å². The second kappa shape index (κ2) is 56.0. The summed E-state index contributed by atoms with van der Waals surface area (Å²) in [7, 11) is 1.44. The van der Waals surface area contributed by atoms with Crippen LogP contribution >= 0.6 is 7.82 Å². The van der Waals surface area contributed by atoms with Crippen molar-refractivity contribution < 1.29 is 37.3 Å². The van der Waals surface area contributed by atoms with E-state index in [4.69, 9.17) is 13.8 Å². The first-order chi connectivity index (χ1) is 37.4. The van der Waals surface area contributed by atoms with Crippen molar-refractivity contribution in [3.63, 3.8) is 0 Å². The van der Waals surface area contributed by atoms with Gasteiger partial charge in [-0.1, -0.05) is 233 Å². The number of hydrogen-bond donors (Lipinski definition) is 2. The van der Waals surface area contributed by atoms with Crippen molar-refractivity contribution in [3.05, 3.63) is 109 Å². The summed E-state index contributed by atoms with van der Waals surface area (Å²) in [5.41, 5.74) is 0. The molecule has 0 aromatic heterocycles. The van der Waals surface area contributed by atoms with Gasteiger partial charge >= 0.3 is 13.8 Å². The molecule has 442 valence electrons. The average Bonchev–Trinajstić information content (AvgIpc) is 3.39. The highest BCUT2D eigenvalue weighted by atomic mass is 31.2. The normalized spacial score (nSPS) is 14.4. The predicted octanol–water partition coefficient (Wildman–Crippen LogP) is 19.3. The molecule has 0 aliphatic heterocycles. The Kier molecular flexibility index (Phi) is 53.5. The average molecular weight is 1090 g/mol.